The second kappa shape index (κ2) is 5.09. The Hall–Kier alpha value is -0.610. The van der Waals surface area contributed by atoms with Crippen LogP contribution in [0.15, 0.2) is 0 Å². The normalized spacial score (nSPS) is 13.2. The summed E-state index contributed by atoms with van der Waals surface area (Å²) in [6, 6.07) is 0.0856. The van der Waals surface area contributed by atoms with Crippen molar-refractivity contribution in [2.45, 2.75) is 12.5 Å². The number of nitrogens with zero attached hydrogens (tertiary/aromatic N) is 1. The molecular weight excluding hydrogens is 144 g/mol. The van der Waals surface area contributed by atoms with Gasteiger partial charge in [-0.05, 0) is 14.1 Å². The topological polar surface area (TPSA) is 55.6 Å². The first-order valence-electron chi connectivity index (χ1n) is 3.55. The molecule has 0 rings (SSSR count). The summed E-state index contributed by atoms with van der Waals surface area (Å²) in [5, 5.41) is 0. The number of likely N-dealkylation sites (N-methyl/N-ethyl adjacent to an activating group) is 1. The molecule has 4 nitrogen and oxygen atoms in total. The monoisotopic (exact) mass is 160 g/mol. The van der Waals surface area contributed by atoms with Gasteiger partial charge in [-0.25, -0.2) is 0 Å². The molecule has 0 bridgehead atoms. The van der Waals surface area contributed by atoms with Gasteiger partial charge >= 0.3 is 5.97 Å². The minimum Gasteiger partial charge on any atom is -0.469 e. The van der Waals surface area contributed by atoms with Crippen LogP contribution >= 0.6 is 0 Å². The maximum atomic E-state index is 10.8. The van der Waals surface area contributed by atoms with E-state index >= 15 is 0 Å². The highest BCUT2D eigenvalue weighted by Crippen LogP contribution is 1.98. The fourth-order valence-corrected chi connectivity index (χ4v) is 0.752. The summed E-state index contributed by atoms with van der Waals surface area (Å²) in [6.45, 7) is 0.474. The zero-order valence-electron chi connectivity index (χ0n) is 7.33. The van der Waals surface area contributed by atoms with Crippen molar-refractivity contribution in [3.05, 3.63) is 0 Å². The molecule has 0 saturated heterocycles. The Morgan fingerprint density at radius 2 is 2.18 bits per heavy atom. The van der Waals surface area contributed by atoms with Gasteiger partial charge in [0.05, 0.1) is 13.5 Å². The van der Waals surface area contributed by atoms with Crippen LogP contribution in [0.2, 0.25) is 0 Å². The van der Waals surface area contributed by atoms with Crippen molar-refractivity contribution < 1.29 is 9.53 Å². The van der Waals surface area contributed by atoms with Crippen molar-refractivity contribution in [2.24, 2.45) is 5.73 Å². The minimum absolute atomic E-state index is 0.0856. The van der Waals surface area contributed by atoms with Gasteiger partial charge in [-0.2, -0.15) is 0 Å². The van der Waals surface area contributed by atoms with Crippen LogP contribution in [-0.2, 0) is 9.53 Å². The highest BCUT2D eigenvalue weighted by atomic mass is 16.5. The fraction of sp³-hybridized carbons (Fsp3) is 0.857. The Kier molecular flexibility index (Phi) is 4.81. The molecule has 0 heterocycles. The summed E-state index contributed by atoms with van der Waals surface area (Å²) < 4.78 is 4.51. The number of carbonyl (C=O) groups excluding carboxylic acids is 1. The molecule has 0 aromatic heterocycles. The van der Waals surface area contributed by atoms with Crippen molar-refractivity contribution in [3.8, 4) is 0 Å². The van der Waals surface area contributed by atoms with E-state index in [4.69, 9.17) is 5.73 Å². The number of carbonyl (C=O) groups is 1. The van der Waals surface area contributed by atoms with E-state index in [-0.39, 0.29) is 12.0 Å². The number of hydrogen-bond acceptors (Lipinski definition) is 4. The Bertz CT molecular complexity index is 126. The van der Waals surface area contributed by atoms with Crippen LogP contribution in [0.1, 0.15) is 6.42 Å². The lowest BCUT2D eigenvalue weighted by atomic mass is 10.2. The summed E-state index contributed by atoms with van der Waals surface area (Å²) in [5.74, 6) is -0.214. The molecule has 0 fully saturated rings. The van der Waals surface area contributed by atoms with E-state index in [1.807, 2.05) is 19.0 Å². The molecule has 0 aromatic carbocycles. The van der Waals surface area contributed by atoms with Crippen LogP contribution in [0.3, 0.4) is 0 Å². The highest BCUT2D eigenvalue weighted by Gasteiger charge is 2.13. The summed E-state index contributed by atoms with van der Waals surface area (Å²) in [5.41, 5.74) is 5.43. The Balaban J connectivity index is 3.78. The first-order valence-corrected chi connectivity index (χ1v) is 3.55. The predicted octanol–water partition coefficient (Wildman–Crippen LogP) is -0.562. The van der Waals surface area contributed by atoms with Crippen LogP contribution in [0, 0.1) is 0 Å². The Morgan fingerprint density at radius 1 is 1.64 bits per heavy atom. The van der Waals surface area contributed by atoms with Crippen molar-refractivity contribution in [2.75, 3.05) is 27.7 Å². The van der Waals surface area contributed by atoms with Crippen LogP contribution in [0.25, 0.3) is 0 Å². The van der Waals surface area contributed by atoms with Gasteiger partial charge in [-0.3, -0.25) is 4.79 Å². The largest absolute Gasteiger partial charge is 0.469 e. The number of esters is 1. The lowest BCUT2D eigenvalue weighted by molar-refractivity contribution is -0.141. The lowest BCUT2D eigenvalue weighted by Gasteiger charge is -2.20. The second-order valence-corrected chi connectivity index (χ2v) is 2.63. The average Bonchev–Trinajstić information content (AvgIpc) is 1.99. The number of methoxy groups -OCH3 is 1. The van der Waals surface area contributed by atoms with E-state index in [2.05, 4.69) is 4.74 Å². The number of nitrogens with two attached hydrogens (primary N) is 1. The van der Waals surface area contributed by atoms with E-state index in [1.165, 1.54) is 7.11 Å². The molecule has 2 N–H and O–H groups in total. The Morgan fingerprint density at radius 3 is 2.45 bits per heavy atom. The lowest BCUT2D eigenvalue weighted by Crippen LogP contribution is -2.37. The fourth-order valence-electron chi connectivity index (χ4n) is 0.752. The minimum atomic E-state index is -0.214. The average molecular weight is 160 g/mol. The molecule has 0 spiro atoms. The van der Waals surface area contributed by atoms with Gasteiger partial charge in [0.1, 0.15) is 0 Å². The third-order valence-corrected chi connectivity index (χ3v) is 1.63. The third kappa shape index (κ3) is 3.95. The van der Waals surface area contributed by atoms with Gasteiger partial charge in [0.2, 0.25) is 0 Å². The van der Waals surface area contributed by atoms with Gasteiger partial charge in [0.25, 0.3) is 0 Å². The molecule has 0 radical (unpaired) electrons. The molecule has 0 aliphatic heterocycles. The van der Waals surface area contributed by atoms with E-state index < -0.39 is 0 Å². The maximum absolute atomic E-state index is 10.8. The molecular formula is C7H16N2O2. The van der Waals surface area contributed by atoms with Crippen molar-refractivity contribution in [1.82, 2.24) is 4.90 Å². The molecule has 0 aliphatic rings. The summed E-state index contributed by atoms with van der Waals surface area (Å²) in [4.78, 5) is 12.7. The second-order valence-electron chi connectivity index (χ2n) is 2.63. The predicted molar refractivity (Wildman–Crippen MR) is 43.2 cm³/mol. The van der Waals surface area contributed by atoms with Crippen molar-refractivity contribution in [1.29, 1.82) is 0 Å². The molecule has 0 aliphatic carbocycles. The summed E-state index contributed by atoms with van der Waals surface area (Å²) in [6.07, 6.45) is 0.361. The summed E-state index contributed by atoms with van der Waals surface area (Å²) >= 11 is 0. The first-order chi connectivity index (χ1) is 5.11. The maximum Gasteiger partial charge on any atom is 0.307 e. The van der Waals surface area contributed by atoms with Crippen LogP contribution in [0.4, 0.5) is 0 Å². The van der Waals surface area contributed by atoms with Crippen molar-refractivity contribution in [3.63, 3.8) is 0 Å². The molecule has 1 atom stereocenters. The van der Waals surface area contributed by atoms with E-state index in [0.29, 0.717) is 13.0 Å². The van der Waals surface area contributed by atoms with E-state index in [0.717, 1.165) is 0 Å². The van der Waals surface area contributed by atoms with E-state index in [1.54, 1.807) is 0 Å². The quantitative estimate of drug-likeness (QED) is 0.560. The van der Waals surface area contributed by atoms with Crippen molar-refractivity contribution >= 4 is 5.97 Å². The number of hydrogen-bond donors (Lipinski definition) is 1. The highest BCUT2D eigenvalue weighted by molar-refractivity contribution is 5.69. The Labute approximate surface area is 67.3 Å². The SMILES string of the molecule is COC(=O)CC(CN)N(C)C. The molecule has 0 saturated carbocycles. The zero-order chi connectivity index (χ0) is 8.85. The van der Waals surface area contributed by atoms with Gasteiger partial charge in [-0.1, -0.05) is 0 Å². The summed E-state index contributed by atoms with van der Waals surface area (Å²) in [7, 11) is 5.16. The van der Waals surface area contributed by atoms with Crippen LogP contribution < -0.4 is 5.73 Å². The smallest absolute Gasteiger partial charge is 0.307 e. The molecule has 66 valence electrons. The van der Waals surface area contributed by atoms with E-state index in [9.17, 15) is 4.79 Å². The molecule has 1 unspecified atom stereocenters. The zero-order valence-corrected chi connectivity index (χ0v) is 7.33. The van der Waals surface area contributed by atoms with Gasteiger partial charge < -0.3 is 15.4 Å². The third-order valence-electron chi connectivity index (χ3n) is 1.63. The van der Waals surface area contributed by atoms with Gasteiger partial charge in [0.15, 0.2) is 0 Å². The first kappa shape index (κ1) is 10.4. The number of ether oxygens (including phenoxy) is 1. The van der Waals surface area contributed by atoms with Crippen LogP contribution in [0.5, 0.6) is 0 Å². The van der Waals surface area contributed by atoms with Gasteiger partial charge in [0, 0.05) is 12.6 Å². The molecule has 11 heavy (non-hydrogen) atoms. The number of rotatable bonds is 4. The standard InChI is InChI=1S/C7H16N2O2/c1-9(2)6(5-8)4-7(10)11-3/h6H,4-5,8H2,1-3H3. The molecule has 0 amide bonds. The van der Waals surface area contributed by atoms with Gasteiger partial charge in [-0.15, -0.1) is 0 Å². The molecule has 0 aromatic rings. The molecule has 4 heteroatoms. The van der Waals surface area contributed by atoms with Crippen LogP contribution in [-0.4, -0.2) is 44.7 Å².